The molecule has 0 aromatic heterocycles. The molecule has 1 atom stereocenters. The Bertz CT molecular complexity index is 177. The fourth-order valence-corrected chi connectivity index (χ4v) is 2.56. The number of likely N-dealkylation sites (tertiary alicyclic amines) is 1. The van der Waals surface area contributed by atoms with Crippen LogP contribution in [0.1, 0.15) is 34.1 Å². The molecule has 1 saturated heterocycles. The van der Waals surface area contributed by atoms with Gasteiger partial charge in [0.15, 0.2) is 0 Å². The van der Waals surface area contributed by atoms with Gasteiger partial charge in [-0.3, -0.25) is 0 Å². The van der Waals surface area contributed by atoms with Crippen LogP contribution >= 0.6 is 0 Å². The van der Waals surface area contributed by atoms with Crippen LogP contribution in [0.25, 0.3) is 0 Å². The third-order valence-electron chi connectivity index (χ3n) is 3.12. The maximum absolute atomic E-state index is 5.53. The van der Waals surface area contributed by atoms with E-state index in [-0.39, 0.29) is 0 Å². The van der Waals surface area contributed by atoms with Gasteiger partial charge in [-0.05, 0) is 12.3 Å². The van der Waals surface area contributed by atoms with E-state index >= 15 is 0 Å². The summed E-state index contributed by atoms with van der Waals surface area (Å²) in [6.45, 7) is 12.8. The summed E-state index contributed by atoms with van der Waals surface area (Å²) in [5.74, 6) is 0.768. The Kier molecular flexibility index (Phi) is 3.96. The first-order chi connectivity index (χ1) is 6.45. The second-order valence-electron chi connectivity index (χ2n) is 5.63. The van der Waals surface area contributed by atoms with Crippen molar-refractivity contribution in [2.45, 2.75) is 40.2 Å². The average molecular weight is 199 g/mol. The van der Waals surface area contributed by atoms with E-state index in [0.29, 0.717) is 11.5 Å². The lowest BCUT2D eigenvalue weighted by Crippen LogP contribution is -2.50. The third-order valence-corrected chi connectivity index (χ3v) is 3.12. The number of nitrogens with zero attached hydrogens (tertiary/aromatic N) is 1. The third kappa shape index (κ3) is 2.96. The Balaban J connectivity index is 2.49. The normalized spacial score (nSPS) is 28.3. The van der Waals surface area contributed by atoms with Gasteiger partial charge >= 0.3 is 0 Å². The Labute approximate surface area is 88.6 Å². The molecule has 1 unspecified atom stereocenters. The lowest BCUT2D eigenvalue weighted by atomic mass is 9.81. The minimum absolute atomic E-state index is 0.307. The van der Waals surface area contributed by atoms with Gasteiger partial charge in [-0.2, -0.15) is 0 Å². The molecule has 0 radical (unpaired) electrons. The predicted molar refractivity (Wildman–Crippen MR) is 60.5 cm³/mol. The molecule has 1 heterocycles. The number of hydrogen-bond donors (Lipinski definition) is 0. The number of piperidine rings is 1. The summed E-state index contributed by atoms with van der Waals surface area (Å²) < 4.78 is 5.53. The van der Waals surface area contributed by atoms with Crippen LogP contribution in [0.15, 0.2) is 0 Å². The van der Waals surface area contributed by atoms with E-state index in [0.717, 1.165) is 5.92 Å². The first-order valence-electron chi connectivity index (χ1n) is 5.71. The maximum Gasteiger partial charge on any atom is 0.0646 e. The van der Waals surface area contributed by atoms with Gasteiger partial charge in [-0.25, -0.2) is 0 Å². The van der Waals surface area contributed by atoms with Crippen molar-refractivity contribution in [1.82, 2.24) is 4.90 Å². The van der Waals surface area contributed by atoms with Crippen molar-refractivity contribution in [3.63, 3.8) is 0 Å². The van der Waals surface area contributed by atoms with Crippen molar-refractivity contribution in [3.05, 3.63) is 0 Å². The molecule has 0 spiro atoms. The zero-order valence-electron chi connectivity index (χ0n) is 10.3. The fourth-order valence-electron chi connectivity index (χ4n) is 2.56. The molecule has 1 aliphatic heterocycles. The van der Waals surface area contributed by atoms with Crippen LogP contribution < -0.4 is 0 Å². The van der Waals surface area contributed by atoms with E-state index in [2.05, 4.69) is 32.6 Å². The van der Waals surface area contributed by atoms with E-state index in [4.69, 9.17) is 4.74 Å². The summed E-state index contributed by atoms with van der Waals surface area (Å²) in [6.07, 6.45) is 1.61. The summed E-state index contributed by atoms with van der Waals surface area (Å²) in [5, 5.41) is 0. The lowest BCUT2D eigenvalue weighted by Gasteiger charge is -2.44. The minimum Gasteiger partial charge on any atom is -0.381 e. The summed E-state index contributed by atoms with van der Waals surface area (Å²) in [4.78, 5) is 2.57. The van der Waals surface area contributed by atoms with E-state index in [1.807, 2.05) is 7.11 Å². The first-order valence-corrected chi connectivity index (χ1v) is 5.71. The fraction of sp³-hybridized carbons (Fsp3) is 1.00. The van der Waals surface area contributed by atoms with Crippen LogP contribution in [0, 0.1) is 11.3 Å². The largest absolute Gasteiger partial charge is 0.381 e. The van der Waals surface area contributed by atoms with E-state index in [1.165, 1.54) is 26.1 Å². The van der Waals surface area contributed by atoms with Crippen molar-refractivity contribution in [2.75, 3.05) is 26.7 Å². The van der Waals surface area contributed by atoms with Crippen LogP contribution in [0.4, 0.5) is 0 Å². The number of rotatable bonds is 3. The first kappa shape index (κ1) is 12.0. The minimum atomic E-state index is 0.307. The zero-order valence-corrected chi connectivity index (χ0v) is 10.3. The molecule has 84 valence electrons. The molecule has 0 aromatic carbocycles. The smallest absolute Gasteiger partial charge is 0.0646 e. The van der Waals surface area contributed by atoms with Crippen molar-refractivity contribution in [2.24, 2.45) is 11.3 Å². The molecule has 0 bridgehead atoms. The SMILES string of the molecule is COC1CCN(CC(C)C)CC1(C)C. The summed E-state index contributed by atoms with van der Waals surface area (Å²) in [6, 6.07) is 0. The Morgan fingerprint density at radius 3 is 2.50 bits per heavy atom. The van der Waals surface area contributed by atoms with Gasteiger partial charge in [-0.15, -0.1) is 0 Å². The highest BCUT2D eigenvalue weighted by Gasteiger charge is 2.35. The number of ether oxygens (including phenoxy) is 1. The summed E-state index contributed by atoms with van der Waals surface area (Å²) in [7, 11) is 1.84. The second-order valence-corrected chi connectivity index (χ2v) is 5.63. The average Bonchev–Trinajstić information content (AvgIpc) is 2.01. The summed E-state index contributed by atoms with van der Waals surface area (Å²) >= 11 is 0. The van der Waals surface area contributed by atoms with Gasteiger partial charge in [0.2, 0.25) is 0 Å². The van der Waals surface area contributed by atoms with E-state index in [9.17, 15) is 0 Å². The molecule has 1 fully saturated rings. The molecule has 0 aromatic rings. The zero-order chi connectivity index (χ0) is 10.8. The van der Waals surface area contributed by atoms with Gasteiger partial charge in [0.25, 0.3) is 0 Å². The van der Waals surface area contributed by atoms with Crippen LogP contribution in [0.5, 0.6) is 0 Å². The van der Waals surface area contributed by atoms with Crippen LogP contribution in [-0.2, 0) is 4.74 Å². The topological polar surface area (TPSA) is 12.5 Å². The highest BCUT2D eigenvalue weighted by molar-refractivity contribution is 4.88. The quantitative estimate of drug-likeness (QED) is 0.692. The second kappa shape index (κ2) is 4.63. The number of methoxy groups -OCH3 is 1. The standard InChI is InChI=1S/C12H25NO/c1-10(2)8-13-7-6-11(14-5)12(3,4)9-13/h10-11H,6-9H2,1-5H3. The molecule has 2 heteroatoms. The van der Waals surface area contributed by atoms with Crippen LogP contribution in [0.3, 0.4) is 0 Å². The van der Waals surface area contributed by atoms with E-state index in [1.54, 1.807) is 0 Å². The Morgan fingerprint density at radius 1 is 1.43 bits per heavy atom. The van der Waals surface area contributed by atoms with Crippen LogP contribution in [0.2, 0.25) is 0 Å². The van der Waals surface area contributed by atoms with Crippen molar-refractivity contribution in [1.29, 1.82) is 0 Å². The van der Waals surface area contributed by atoms with Crippen molar-refractivity contribution >= 4 is 0 Å². The molecule has 1 rings (SSSR count). The number of hydrogen-bond acceptors (Lipinski definition) is 2. The predicted octanol–water partition coefficient (Wildman–Crippen LogP) is 2.39. The van der Waals surface area contributed by atoms with Crippen molar-refractivity contribution < 1.29 is 4.74 Å². The van der Waals surface area contributed by atoms with Crippen LogP contribution in [-0.4, -0.2) is 37.7 Å². The maximum atomic E-state index is 5.53. The summed E-state index contributed by atoms with van der Waals surface area (Å²) in [5.41, 5.74) is 0.307. The molecule has 0 saturated carbocycles. The monoisotopic (exact) mass is 199 g/mol. The Hall–Kier alpha value is -0.0800. The molecule has 14 heavy (non-hydrogen) atoms. The van der Waals surface area contributed by atoms with E-state index < -0.39 is 0 Å². The lowest BCUT2D eigenvalue weighted by molar-refractivity contribution is -0.0533. The molecule has 1 aliphatic rings. The van der Waals surface area contributed by atoms with Crippen molar-refractivity contribution in [3.8, 4) is 0 Å². The molecule has 0 N–H and O–H groups in total. The highest BCUT2D eigenvalue weighted by atomic mass is 16.5. The Morgan fingerprint density at radius 2 is 2.07 bits per heavy atom. The highest BCUT2D eigenvalue weighted by Crippen LogP contribution is 2.31. The molecule has 0 aliphatic carbocycles. The molecular weight excluding hydrogens is 174 g/mol. The molecular formula is C12H25NO. The van der Waals surface area contributed by atoms with Gasteiger partial charge in [-0.1, -0.05) is 27.7 Å². The molecule has 0 amide bonds. The van der Waals surface area contributed by atoms with Gasteiger partial charge in [0.05, 0.1) is 6.10 Å². The van der Waals surface area contributed by atoms with Gasteiger partial charge in [0.1, 0.15) is 0 Å². The van der Waals surface area contributed by atoms with Gasteiger partial charge < -0.3 is 9.64 Å². The van der Waals surface area contributed by atoms with Gasteiger partial charge in [0, 0.05) is 32.2 Å². The molecule has 2 nitrogen and oxygen atoms in total.